The lowest BCUT2D eigenvalue weighted by atomic mass is 10.1. The Labute approximate surface area is 97.6 Å². The Morgan fingerprint density at radius 2 is 2.18 bits per heavy atom. The third kappa shape index (κ3) is 1.44. The molecule has 0 saturated heterocycles. The molecule has 5 heteroatoms. The first-order chi connectivity index (χ1) is 8.29. The Morgan fingerprint density at radius 3 is 2.88 bits per heavy atom. The van der Waals surface area contributed by atoms with Crippen LogP contribution in [0.25, 0.3) is 22.0 Å². The van der Waals surface area contributed by atoms with Gasteiger partial charge in [0.15, 0.2) is 0 Å². The summed E-state index contributed by atoms with van der Waals surface area (Å²) in [7, 11) is 1.65. The first-order valence-electron chi connectivity index (χ1n) is 5.24. The molecule has 17 heavy (non-hydrogen) atoms. The van der Waals surface area contributed by atoms with Gasteiger partial charge in [0, 0.05) is 28.2 Å². The fourth-order valence-electron chi connectivity index (χ4n) is 1.97. The van der Waals surface area contributed by atoms with Crippen molar-refractivity contribution in [3.8, 4) is 16.9 Å². The van der Waals surface area contributed by atoms with Gasteiger partial charge in [0.1, 0.15) is 11.6 Å². The van der Waals surface area contributed by atoms with Crippen molar-refractivity contribution in [2.45, 2.75) is 0 Å². The molecule has 0 spiro atoms. The zero-order valence-electron chi connectivity index (χ0n) is 9.32. The maximum atomic E-state index is 5.83. The highest BCUT2D eigenvalue weighted by atomic mass is 16.5. The third-order valence-electron chi connectivity index (χ3n) is 2.83. The van der Waals surface area contributed by atoms with Crippen molar-refractivity contribution in [3.05, 3.63) is 30.6 Å². The van der Waals surface area contributed by atoms with Crippen LogP contribution in [0, 0.1) is 0 Å². The number of hydrogen-bond acceptors (Lipinski definition) is 3. The number of hydrogen-bond donors (Lipinski definition) is 3. The van der Waals surface area contributed by atoms with Gasteiger partial charge in [0.05, 0.1) is 13.3 Å². The van der Waals surface area contributed by atoms with Crippen LogP contribution in [0.1, 0.15) is 0 Å². The van der Waals surface area contributed by atoms with Gasteiger partial charge in [0.2, 0.25) is 0 Å². The smallest absolute Gasteiger partial charge is 0.127 e. The molecule has 3 aromatic rings. The zero-order chi connectivity index (χ0) is 11.8. The van der Waals surface area contributed by atoms with Gasteiger partial charge in [0.25, 0.3) is 0 Å². The Bertz CT molecular complexity index is 668. The summed E-state index contributed by atoms with van der Waals surface area (Å²) in [5, 5.41) is 7.75. The lowest BCUT2D eigenvalue weighted by molar-refractivity contribution is 0.417. The van der Waals surface area contributed by atoms with E-state index in [1.807, 2.05) is 24.4 Å². The number of methoxy groups -OCH3 is 1. The maximum Gasteiger partial charge on any atom is 0.127 e. The SMILES string of the molecule is COc1cc2cc[nH]c2cc1-c1cn[nH]c1N. The number of benzene rings is 1. The van der Waals surface area contributed by atoms with Crippen LogP contribution < -0.4 is 10.5 Å². The number of nitrogens with zero attached hydrogens (tertiary/aromatic N) is 1. The average molecular weight is 228 g/mol. The van der Waals surface area contributed by atoms with Crippen molar-refractivity contribution in [2.24, 2.45) is 0 Å². The molecule has 0 bridgehead atoms. The molecule has 0 fully saturated rings. The molecule has 0 amide bonds. The molecule has 4 N–H and O–H groups in total. The minimum Gasteiger partial charge on any atom is -0.496 e. The van der Waals surface area contributed by atoms with Gasteiger partial charge in [-0.3, -0.25) is 5.10 Å². The fourth-order valence-corrected chi connectivity index (χ4v) is 1.97. The second kappa shape index (κ2) is 3.55. The van der Waals surface area contributed by atoms with Gasteiger partial charge >= 0.3 is 0 Å². The van der Waals surface area contributed by atoms with E-state index in [-0.39, 0.29) is 0 Å². The second-order valence-corrected chi connectivity index (χ2v) is 3.81. The molecule has 2 heterocycles. The van der Waals surface area contributed by atoms with E-state index in [0.29, 0.717) is 5.82 Å². The number of ether oxygens (including phenoxy) is 1. The summed E-state index contributed by atoms with van der Waals surface area (Å²) in [4.78, 5) is 3.17. The standard InChI is InChI=1S/C12H12N4O/c1-17-11-4-7-2-3-14-10(7)5-8(11)9-6-15-16-12(9)13/h2-6,14H,1H3,(H3,13,15,16). The largest absolute Gasteiger partial charge is 0.496 e. The molecule has 3 rings (SSSR count). The minimum absolute atomic E-state index is 0.536. The molecule has 1 aromatic carbocycles. The monoisotopic (exact) mass is 228 g/mol. The Morgan fingerprint density at radius 1 is 1.29 bits per heavy atom. The number of rotatable bonds is 2. The second-order valence-electron chi connectivity index (χ2n) is 3.81. The minimum atomic E-state index is 0.536. The van der Waals surface area contributed by atoms with Crippen molar-refractivity contribution < 1.29 is 4.74 Å². The quantitative estimate of drug-likeness (QED) is 0.628. The highest BCUT2D eigenvalue weighted by molar-refractivity contribution is 5.90. The summed E-state index contributed by atoms with van der Waals surface area (Å²) in [5.74, 6) is 1.32. The van der Waals surface area contributed by atoms with Crippen LogP contribution >= 0.6 is 0 Å². The van der Waals surface area contributed by atoms with E-state index in [1.165, 1.54) is 0 Å². The van der Waals surface area contributed by atoms with E-state index in [2.05, 4.69) is 15.2 Å². The van der Waals surface area contributed by atoms with E-state index in [4.69, 9.17) is 10.5 Å². The van der Waals surface area contributed by atoms with Crippen LogP contribution in [0.2, 0.25) is 0 Å². The molecule has 0 aliphatic rings. The van der Waals surface area contributed by atoms with Crippen LogP contribution in [-0.2, 0) is 0 Å². The van der Waals surface area contributed by atoms with Gasteiger partial charge in [-0.15, -0.1) is 0 Å². The van der Waals surface area contributed by atoms with Crippen LogP contribution in [0.5, 0.6) is 5.75 Å². The number of aromatic nitrogens is 3. The number of aromatic amines is 2. The van der Waals surface area contributed by atoms with E-state index >= 15 is 0 Å². The number of fused-ring (bicyclic) bond motifs is 1. The summed E-state index contributed by atoms with van der Waals surface area (Å²) in [6.45, 7) is 0. The van der Waals surface area contributed by atoms with Crippen molar-refractivity contribution in [3.63, 3.8) is 0 Å². The van der Waals surface area contributed by atoms with Crippen LogP contribution in [0.4, 0.5) is 5.82 Å². The summed E-state index contributed by atoms with van der Waals surface area (Å²) >= 11 is 0. The van der Waals surface area contributed by atoms with E-state index < -0.39 is 0 Å². The first kappa shape index (κ1) is 9.77. The Hall–Kier alpha value is -2.43. The van der Waals surface area contributed by atoms with Gasteiger partial charge in [-0.2, -0.15) is 5.10 Å². The molecule has 5 nitrogen and oxygen atoms in total. The maximum absolute atomic E-state index is 5.83. The van der Waals surface area contributed by atoms with E-state index in [9.17, 15) is 0 Å². The molecule has 0 atom stereocenters. The molecule has 0 radical (unpaired) electrons. The highest BCUT2D eigenvalue weighted by Crippen LogP contribution is 2.35. The van der Waals surface area contributed by atoms with Gasteiger partial charge in [-0.1, -0.05) is 0 Å². The average Bonchev–Trinajstić information content (AvgIpc) is 2.94. The normalized spacial score (nSPS) is 10.9. The van der Waals surface area contributed by atoms with Crippen LogP contribution in [-0.4, -0.2) is 22.3 Å². The molecule has 2 aromatic heterocycles. The lowest BCUT2D eigenvalue weighted by Crippen LogP contribution is -1.91. The molecule has 86 valence electrons. The number of nitrogens with one attached hydrogen (secondary N) is 2. The van der Waals surface area contributed by atoms with Crippen molar-refractivity contribution in [1.29, 1.82) is 0 Å². The Kier molecular flexibility index (Phi) is 2.04. The third-order valence-corrected chi connectivity index (χ3v) is 2.83. The molecule has 0 aliphatic carbocycles. The summed E-state index contributed by atoms with van der Waals surface area (Å²) in [5.41, 5.74) is 8.65. The molecule has 0 unspecified atom stereocenters. The fraction of sp³-hybridized carbons (Fsp3) is 0.0833. The summed E-state index contributed by atoms with van der Waals surface area (Å²) in [6, 6.07) is 5.99. The Balaban J connectivity index is 2.30. The highest BCUT2D eigenvalue weighted by Gasteiger charge is 2.12. The summed E-state index contributed by atoms with van der Waals surface area (Å²) in [6.07, 6.45) is 3.59. The topological polar surface area (TPSA) is 79.7 Å². The molecule has 0 saturated carbocycles. The summed E-state index contributed by atoms with van der Waals surface area (Å²) < 4.78 is 5.39. The van der Waals surface area contributed by atoms with Gasteiger partial charge < -0.3 is 15.5 Å². The number of anilines is 1. The lowest BCUT2D eigenvalue weighted by Gasteiger charge is -2.08. The predicted octanol–water partition coefficient (Wildman–Crippen LogP) is 2.15. The van der Waals surface area contributed by atoms with Crippen molar-refractivity contribution >= 4 is 16.7 Å². The van der Waals surface area contributed by atoms with Crippen molar-refractivity contribution in [2.75, 3.05) is 12.8 Å². The molecular weight excluding hydrogens is 216 g/mol. The zero-order valence-corrected chi connectivity index (χ0v) is 9.32. The number of nitrogen functional groups attached to an aromatic ring is 1. The van der Waals surface area contributed by atoms with Crippen molar-refractivity contribution in [1.82, 2.24) is 15.2 Å². The predicted molar refractivity (Wildman–Crippen MR) is 66.8 cm³/mol. The van der Waals surface area contributed by atoms with E-state index in [1.54, 1.807) is 13.3 Å². The van der Waals surface area contributed by atoms with Crippen LogP contribution in [0.3, 0.4) is 0 Å². The van der Waals surface area contributed by atoms with Gasteiger partial charge in [-0.05, 0) is 18.2 Å². The van der Waals surface area contributed by atoms with Gasteiger partial charge in [-0.25, -0.2) is 0 Å². The molecule has 0 aliphatic heterocycles. The number of H-pyrrole nitrogens is 2. The number of nitrogens with two attached hydrogens (primary N) is 1. The first-order valence-corrected chi connectivity index (χ1v) is 5.24. The van der Waals surface area contributed by atoms with Crippen LogP contribution in [0.15, 0.2) is 30.6 Å². The molecular formula is C12H12N4O. The van der Waals surface area contributed by atoms with E-state index in [0.717, 1.165) is 27.8 Å².